The molecule has 0 saturated carbocycles. The van der Waals surface area contributed by atoms with Gasteiger partial charge in [0.05, 0.1) is 11.8 Å². The second-order valence-electron chi connectivity index (χ2n) is 2.14. The van der Waals surface area contributed by atoms with Gasteiger partial charge in [-0.2, -0.15) is 10.4 Å². The molecule has 0 spiro atoms. The van der Waals surface area contributed by atoms with E-state index in [2.05, 4.69) is 9.84 Å². The molecule has 0 radical (unpaired) electrons. The van der Waals surface area contributed by atoms with Crippen LogP contribution in [0.4, 0.5) is 0 Å². The van der Waals surface area contributed by atoms with E-state index in [1.54, 1.807) is 13.1 Å². The number of esters is 1. The van der Waals surface area contributed by atoms with Crippen LogP contribution in [0.5, 0.6) is 0 Å². The van der Waals surface area contributed by atoms with Crippen LogP contribution in [0.1, 0.15) is 10.4 Å². The summed E-state index contributed by atoms with van der Waals surface area (Å²) in [6.07, 6.45) is 2.92. The molecular formula is C7H7N3O2. The first-order chi connectivity index (χ1) is 5.74. The Morgan fingerprint density at radius 1 is 1.92 bits per heavy atom. The summed E-state index contributed by atoms with van der Waals surface area (Å²) in [7, 11) is 1.70. The lowest BCUT2D eigenvalue weighted by Crippen LogP contribution is -2.03. The zero-order chi connectivity index (χ0) is 8.97. The number of ether oxygens (including phenoxy) is 1. The first-order valence-electron chi connectivity index (χ1n) is 3.27. The van der Waals surface area contributed by atoms with Gasteiger partial charge in [0.1, 0.15) is 6.07 Å². The van der Waals surface area contributed by atoms with E-state index in [0.717, 1.165) is 0 Å². The molecule has 0 atom stereocenters. The lowest BCUT2D eigenvalue weighted by Gasteiger charge is -1.94. The van der Waals surface area contributed by atoms with Crippen molar-refractivity contribution in [1.29, 1.82) is 5.26 Å². The summed E-state index contributed by atoms with van der Waals surface area (Å²) in [5, 5.41) is 11.9. The Bertz CT molecular complexity index is 324. The molecule has 0 fully saturated rings. The molecule has 0 N–H and O–H groups in total. The largest absolute Gasteiger partial charge is 0.447 e. The van der Waals surface area contributed by atoms with Gasteiger partial charge in [-0.25, -0.2) is 4.79 Å². The first-order valence-corrected chi connectivity index (χ1v) is 3.27. The summed E-state index contributed by atoms with van der Waals surface area (Å²) in [5.41, 5.74) is 0.354. The van der Waals surface area contributed by atoms with Gasteiger partial charge < -0.3 is 4.74 Å². The van der Waals surface area contributed by atoms with E-state index in [0.29, 0.717) is 5.56 Å². The molecule has 0 aliphatic heterocycles. The van der Waals surface area contributed by atoms with Crippen molar-refractivity contribution in [2.24, 2.45) is 7.05 Å². The molecule has 62 valence electrons. The van der Waals surface area contributed by atoms with Crippen LogP contribution in [0.15, 0.2) is 12.4 Å². The van der Waals surface area contributed by atoms with E-state index in [-0.39, 0.29) is 6.61 Å². The Hall–Kier alpha value is -1.83. The second-order valence-corrected chi connectivity index (χ2v) is 2.14. The topological polar surface area (TPSA) is 67.9 Å². The van der Waals surface area contributed by atoms with Gasteiger partial charge in [-0.3, -0.25) is 4.68 Å². The minimum atomic E-state index is -0.523. The van der Waals surface area contributed by atoms with Crippen molar-refractivity contribution in [2.75, 3.05) is 6.61 Å². The minimum Gasteiger partial charge on any atom is -0.447 e. The summed E-state index contributed by atoms with van der Waals surface area (Å²) in [6.45, 7) is -0.228. The van der Waals surface area contributed by atoms with E-state index in [1.807, 2.05) is 0 Å². The zero-order valence-electron chi connectivity index (χ0n) is 6.52. The fourth-order valence-electron chi connectivity index (χ4n) is 0.708. The highest BCUT2D eigenvalue weighted by atomic mass is 16.5. The van der Waals surface area contributed by atoms with Crippen LogP contribution in [0.2, 0.25) is 0 Å². The second kappa shape index (κ2) is 3.53. The third kappa shape index (κ3) is 1.83. The van der Waals surface area contributed by atoms with Crippen LogP contribution in [0.3, 0.4) is 0 Å². The molecule has 1 heterocycles. The Labute approximate surface area is 69.2 Å². The number of rotatable bonds is 2. The molecule has 0 unspecified atom stereocenters. The van der Waals surface area contributed by atoms with E-state index in [4.69, 9.17) is 5.26 Å². The minimum absolute atomic E-state index is 0.228. The summed E-state index contributed by atoms with van der Waals surface area (Å²) < 4.78 is 6.03. The highest BCUT2D eigenvalue weighted by molar-refractivity contribution is 5.88. The molecule has 0 saturated heterocycles. The zero-order valence-corrected chi connectivity index (χ0v) is 6.52. The van der Waals surface area contributed by atoms with Crippen LogP contribution in [0.25, 0.3) is 0 Å². The van der Waals surface area contributed by atoms with Crippen LogP contribution < -0.4 is 0 Å². The molecule has 0 amide bonds. The van der Waals surface area contributed by atoms with Crippen LogP contribution in [-0.2, 0) is 11.8 Å². The molecule has 5 nitrogen and oxygen atoms in total. The van der Waals surface area contributed by atoms with E-state index >= 15 is 0 Å². The molecule has 1 rings (SSSR count). The van der Waals surface area contributed by atoms with Gasteiger partial charge in [-0.05, 0) is 0 Å². The Kier molecular flexibility index (Phi) is 2.43. The van der Waals surface area contributed by atoms with Gasteiger partial charge >= 0.3 is 5.97 Å². The summed E-state index contributed by atoms with van der Waals surface area (Å²) in [5.74, 6) is -0.523. The number of aromatic nitrogens is 2. The van der Waals surface area contributed by atoms with Gasteiger partial charge in [0.25, 0.3) is 0 Å². The van der Waals surface area contributed by atoms with E-state index in [1.165, 1.54) is 17.1 Å². The van der Waals surface area contributed by atoms with Crippen molar-refractivity contribution in [3.8, 4) is 6.07 Å². The van der Waals surface area contributed by atoms with Crippen molar-refractivity contribution in [2.45, 2.75) is 0 Å². The molecule has 5 heteroatoms. The van der Waals surface area contributed by atoms with Crippen LogP contribution >= 0.6 is 0 Å². The Morgan fingerprint density at radius 3 is 3.17 bits per heavy atom. The van der Waals surface area contributed by atoms with Crippen molar-refractivity contribution in [3.05, 3.63) is 18.0 Å². The molecule has 1 aromatic heterocycles. The smallest absolute Gasteiger partial charge is 0.342 e. The van der Waals surface area contributed by atoms with Gasteiger partial charge in [0.15, 0.2) is 6.61 Å². The lowest BCUT2D eigenvalue weighted by molar-refractivity contribution is 0.0555. The van der Waals surface area contributed by atoms with Crippen molar-refractivity contribution < 1.29 is 9.53 Å². The van der Waals surface area contributed by atoms with Crippen molar-refractivity contribution >= 4 is 5.97 Å². The van der Waals surface area contributed by atoms with Crippen molar-refractivity contribution in [1.82, 2.24) is 9.78 Å². The third-order valence-corrected chi connectivity index (χ3v) is 1.21. The highest BCUT2D eigenvalue weighted by Crippen LogP contribution is 1.98. The van der Waals surface area contributed by atoms with Gasteiger partial charge in [-0.15, -0.1) is 0 Å². The Balaban J connectivity index is 2.61. The molecule has 0 aliphatic rings. The highest BCUT2D eigenvalue weighted by Gasteiger charge is 2.07. The number of hydrogen-bond donors (Lipinski definition) is 0. The normalized spacial score (nSPS) is 9.00. The summed E-state index contributed by atoms with van der Waals surface area (Å²) in [4.78, 5) is 11.0. The lowest BCUT2D eigenvalue weighted by atomic mass is 10.4. The van der Waals surface area contributed by atoms with E-state index < -0.39 is 5.97 Å². The predicted molar refractivity (Wildman–Crippen MR) is 39.1 cm³/mol. The number of carbonyl (C=O) groups is 1. The van der Waals surface area contributed by atoms with E-state index in [9.17, 15) is 4.79 Å². The third-order valence-electron chi connectivity index (χ3n) is 1.21. The maximum atomic E-state index is 11.0. The molecule has 0 aliphatic carbocycles. The standard InChI is InChI=1S/C7H7N3O2/c1-10-5-6(4-9-10)7(11)12-3-2-8/h4-5H,3H2,1H3. The number of carbonyl (C=O) groups excluding carboxylic acids is 1. The molecule has 0 aromatic carbocycles. The first kappa shape index (κ1) is 8.27. The van der Waals surface area contributed by atoms with Gasteiger partial charge in [0.2, 0.25) is 0 Å². The number of nitriles is 1. The monoisotopic (exact) mass is 165 g/mol. The fraction of sp³-hybridized carbons (Fsp3) is 0.286. The molecule has 0 bridgehead atoms. The quantitative estimate of drug-likeness (QED) is 0.583. The number of nitrogens with zero attached hydrogens (tertiary/aromatic N) is 3. The molecular weight excluding hydrogens is 158 g/mol. The van der Waals surface area contributed by atoms with Gasteiger partial charge in [0, 0.05) is 13.2 Å². The van der Waals surface area contributed by atoms with Crippen LogP contribution in [0, 0.1) is 11.3 Å². The summed E-state index contributed by atoms with van der Waals surface area (Å²) in [6, 6.07) is 1.70. The fourth-order valence-corrected chi connectivity index (χ4v) is 0.708. The summed E-state index contributed by atoms with van der Waals surface area (Å²) >= 11 is 0. The SMILES string of the molecule is Cn1cc(C(=O)OCC#N)cn1. The number of hydrogen-bond acceptors (Lipinski definition) is 4. The predicted octanol–water partition coefficient (Wildman–Crippen LogP) is 0.100. The average molecular weight is 165 g/mol. The molecule has 12 heavy (non-hydrogen) atoms. The molecule has 1 aromatic rings. The number of aryl methyl sites for hydroxylation is 1. The maximum Gasteiger partial charge on any atom is 0.342 e. The van der Waals surface area contributed by atoms with Crippen molar-refractivity contribution in [3.63, 3.8) is 0 Å². The average Bonchev–Trinajstić information content (AvgIpc) is 2.47. The Morgan fingerprint density at radius 2 is 2.67 bits per heavy atom. The maximum absolute atomic E-state index is 11.0. The van der Waals surface area contributed by atoms with Crippen LogP contribution in [-0.4, -0.2) is 22.4 Å². The van der Waals surface area contributed by atoms with Gasteiger partial charge in [-0.1, -0.05) is 0 Å².